The Morgan fingerprint density at radius 3 is 3.00 bits per heavy atom. The fourth-order valence-electron chi connectivity index (χ4n) is 1.21. The molecule has 1 rings (SSSR count). The van der Waals surface area contributed by atoms with E-state index in [1.807, 2.05) is 7.05 Å². The maximum atomic E-state index is 4.24. The molecule has 3 N–H and O–H groups in total. The number of guanidine groups is 1. The van der Waals surface area contributed by atoms with Crippen LogP contribution in [0.25, 0.3) is 0 Å². The van der Waals surface area contributed by atoms with Crippen LogP contribution in [0.5, 0.6) is 0 Å². The van der Waals surface area contributed by atoms with Crippen molar-refractivity contribution < 1.29 is 0 Å². The fraction of sp³-hybridized carbons (Fsp3) is 0.875. The molecule has 12 heavy (non-hydrogen) atoms. The van der Waals surface area contributed by atoms with Gasteiger partial charge in [-0.25, -0.2) is 0 Å². The molecule has 0 amide bonds. The van der Waals surface area contributed by atoms with Crippen molar-refractivity contribution in [2.45, 2.75) is 6.92 Å². The lowest BCUT2D eigenvalue weighted by Gasteiger charge is -2.12. The second-order valence-electron chi connectivity index (χ2n) is 3.20. The minimum Gasteiger partial charge on any atom is -0.356 e. The lowest BCUT2D eigenvalue weighted by atomic mass is 10.2. The van der Waals surface area contributed by atoms with E-state index in [0.717, 1.165) is 32.1 Å². The molecule has 1 heterocycles. The monoisotopic (exact) mass is 170 g/mol. The average molecular weight is 170 g/mol. The molecule has 1 aliphatic rings. The summed E-state index contributed by atoms with van der Waals surface area (Å²) in [6, 6.07) is 0. The van der Waals surface area contributed by atoms with Gasteiger partial charge in [-0.15, -0.1) is 0 Å². The molecule has 0 spiro atoms. The number of nitrogens with one attached hydrogen (secondary N) is 3. The molecule has 0 radical (unpaired) electrons. The number of nitrogens with zero attached hydrogens (tertiary/aromatic N) is 1. The van der Waals surface area contributed by atoms with Crippen molar-refractivity contribution in [1.82, 2.24) is 16.0 Å². The van der Waals surface area contributed by atoms with Gasteiger partial charge in [0.25, 0.3) is 0 Å². The second kappa shape index (κ2) is 4.98. The van der Waals surface area contributed by atoms with Crippen molar-refractivity contribution >= 4 is 5.96 Å². The van der Waals surface area contributed by atoms with Crippen LogP contribution in [-0.4, -0.2) is 39.2 Å². The van der Waals surface area contributed by atoms with Crippen LogP contribution in [0.1, 0.15) is 6.92 Å². The first-order chi connectivity index (χ1) is 5.83. The van der Waals surface area contributed by atoms with E-state index in [4.69, 9.17) is 0 Å². The highest BCUT2D eigenvalue weighted by atomic mass is 15.2. The third-order valence-electron chi connectivity index (χ3n) is 1.84. The summed E-state index contributed by atoms with van der Waals surface area (Å²) < 4.78 is 0. The summed E-state index contributed by atoms with van der Waals surface area (Å²) in [6.45, 7) is 6.11. The summed E-state index contributed by atoms with van der Waals surface area (Å²) >= 11 is 0. The Bertz CT molecular complexity index is 155. The van der Waals surface area contributed by atoms with E-state index in [1.54, 1.807) is 0 Å². The zero-order valence-electron chi connectivity index (χ0n) is 7.85. The molecule has 0 fully saturated rings. The van der Waals surface area contributed by atoms with E-state index in [2.05, 4.69) is 27.9 Å². The van der Waals surface area contributed by atoms with Gasteiger partial charge in [-0.1, -0.05) is 6.92 Å². The van der Waals surface area contributed by atoms with Crippen LogP contribution in [-0.2, 0) is 0 Å². The van der Waals surface area contributed by atoms with Gasteiger partial charge < -0.3 is 16.0 Å². The topological polar surface area (TPSA) is 48.5 Å². The molecule has 4 heteroatoms. The minimum atomic E-state index is 0.639. The zero-order valence-corrected chi connectivity index (χ0v) is 7.85. The normalized spacial score (nSPS) is 18.3. The van der Waals surface area contributed by atoms with Crippen LogP contribution in [0.2, 0.25) is 0 Å². The van der Waals surface area contributed by atoms with Crippen LogP contribution in [0, 0.1) is 5.92 Å². The molecule has 0 saturated carbocycles. The van der Waals surface area contributed by atoms with E-state index in [1.165, 1.54) is 0 Å². The van der Waals surface area contributed by atoms with Gasteiger partial charge in [0, 0.05) is 13.1 Å². The van der Waals surface area contributed by atoms with Crippen molar-refractivity contribution in [1.29, 1.82) is 0 Å². The van der Waals surface area contributed by atoms with Gasteiger partial charge in [-0.05, 0) is 19.5 Å². The Balaban J connectivity index is 2.07. The van der Waals surface area contributed by atoms with Gasteiger partial charge in [-0.3, -0.25) is 4.99 Å². The lowest BCUT2D eigenvalue weighted by Crippen LogP contribution is -2.38. The standard InChI is InChI=1S/C8H18N4/c1-7(5-9-2)6-12-8-10-3-4-11-8/h7,9H,3-6H2,1-2H3,(H2,10,11,12). The first-order valence-corrected chi connectivity index (χ1v) is 4.49. The Kier molecular flexibility index (Phi) is 3.87. The van der Waals surface area contributed by atoms with Crippen molar-refractivity contribution in [3.05, 3.63) is 0 Å². The molecular formula is C8H18N4. The predicted molar refractivity (Wildman–Crippen MR) is 51.4 cm³/mol. The predicted octanol–water partition coefficient (Wildman–Crippen LogP) is -0.609. The van der Waals surface area contributed by atoms with Crippen molar-refractivity contribution in [2.75, 3.05) is 33.2 Å². The molecule has 0 saturated heterocycles. The smallest absolute Gasteiger partial charge is 0.191 e. The number of hydrogen-bond acceptors (Lipinski definition) is 4. The number of aliphatic imine (C=N–C) groups is 1. The van der Waals surface area contributed by atoms with E-state index in [-0.39, 0.29) is 0 Å². The van der Waals surface area contributed by atoms with Crippen LogP contribution in [0.4, 0.5) is 0 Å². The van der Waals surface area contributed by atoms with Crippen LogP contribution in [0.3, 0.4) is 0 Å². The van der Waals surface area contributed by atoms with Gasteiger partial charge in [0.05, 0.1) is 6.54 Å². The van der Waals surface area contributed by atoms with E-state index in [9.17, 15) is 0 Å². The maximum Gasteiger partial charge on any atom is 0.191 e. The molecule has 70 valence electrons. The summed E-state index contributed by atoms with van der Waals surface area (Å²) in [4.78, 5) is 4.24. The Hall–Kier alpha value is -0.770. The lowest BCUT2D eigenvalue weighted by molar-refractivity contribution is 0.531. The fourth-order valence-corrected chi connectivity index (χ4v) is 1.21. The highest BCUT2D eigenvalue weighted by Gasteiger charge is 2.05. The van der Waals surface area contributed by atoms with Gasteiger partial charge in [0.15, 0.2) is 5.96 Å². The molecule has 1 atom stereocenters. The maximum absolute atomic E-state index is 4.24. The summed E-state index contributed by atoms with van der Waals surface area (Å²) in [5.74, 6) is 1.60. The van der Waals surface area contributed by atoms with Gasteiger partial charge in [0.1, 0.15) is 0 Å². The first-order valence-electron chi connectivity index (χ1n) is 4.49. The molecule has 4 nitrogen and oxygen atoms in total. The van der Waals surface area contributed by atoms with Crippen LogP contribution < -0.4 is 16.0 Å². The second-order valence-corrected chi connectivity index (χ2v) is 3.20. The summed E-state index contributed by atoms with van der Waals surface area (Å²) in [5.41, 5.74) is 0. The largest absolute Gasteiger partial charge is 0.356 e. The van der Waals surface area contributed by atoms with E-state index in [0.29, 0.717) is 5.92 Å². The zero-order chi connectivity index (χ0) is 8.81. The van der Waals surface area contributed by atoms with Crippen molar-refractivity contribution in [2.24, 2.45) is 10.9 Å². The molecule has 1 unspecified atom stereocenters. The summed E-state index contributed by atoms with van der Waals surface area (Å²) in [5, 5.41) is 9.58. The molecule has 1 aliphatic heterocycles. The highest BCUT2D eigenvalue weighted by molar-refractivity contribution is 5.81. The van der Waals surface area contributed by atoms with E-state index >= 15 is 0 Å². The number of rotatable bonds is 4. The number of hydrogen-bond donors (Lipinski definition) is 3. The molecule has 0 aromatic carbocycles. The molecule has 0 bridgehead atoms. The van der Waals surface area contributed by atoms with Gasteiger partial charge in [-0.2, -0.15) is 0 Å². The van der Waals surface area contributed by atoms with Crippen molar-refractivity contribution in [3.63, 3.8) is 0 Å². The molecule has 0 aromatic heterocycles. The molecule has 0 aliphatic carbocycles. The molecular weight excluding hydrogens is 152 g/mol. The minimum absolute atomic E-state index is 0.639. The Morgan fingerprint density at radius 2 is 2.42 bits per heavy atom. The third-order valence-corrected chi connectivity index (χ3v) is 1.84. The highest BCUT2D eigenvalue weighted by Crippen LogP contribution is 1.89. The SMILES string of the molecule is CNCC(C)CNC1=NCCN1. The summed E-state index contributed by atoms with van der Waals surface area (Å²) in [7, 11) is 1.97. The van der Waals surface area contributed by atoms with Crippen LogP contribution >= 0.6 is 0 Å². The van der Waals surface area contributed by atoms with Gasteiger partial charge in [0.2, 0.25) is 0 Å². The average Bonchev–Trinajstić information content (AvgIpc) is 2.53. The third kappa shape index (κ3) is 3.09. The Labute approximate surface area is 73.8 Å². The van der Waals surface area contributed by atoms with Crippen LogP contribution in [0.15, 0.2) is 4.99 Å². The van der Waals surface area contributed by atoms with E-state index < -0.39 is 0 Å². The summed E-state index contributed by atoms with van der Waals surface area (Å²) in [6.07, 6.45) is 0. The van der Waals surface area contributed by atoms with Gasteiger partial charge >= 0.3 is 0 Å². The molecule has 0 aromatic rings. The quantitative estimate of drug-likeness (QED) is 0.527. The Morgan fingerprint density at radius 1 is 1.58 bits per heavy atom. The first kappa shape index (κ1) is 9.32. The van der Waals surface area contributed by atoms with Crippen molar-refractivity contribution in [3.8, 4) is 0 Å².